The van der Waals surface area contributed by atoms with E-state index in [0.717, 1.165) is 23.0 Å². The smallest absolute Gasteiger partial charge is 0.355 e. The summed E-state index contributed by atoms with van der Waals surface area (Å²) in [5.74, 6) is -0.0618. The summed E-state index contributed by atoms with van der Waals surface area (Å²) in [6.45, 7) is 1.87. The normalized spacial score (nSPS) is 15.6. The zero-order valence-corrected chi connectivity index (χ0v) is 20.6. The molecule has 0 saturated carbocycles. The second-order valence-corrected chi connectivity index (χ2v) is 8.83. The molecule has 4 rings (SSSR count). The topological polar surface area (TPSA) is 100 Å². The van der Waals surface area contributed by atoms with Crippen molar-refractivity contribution in [3.05, 3.63) is 36.4 Å². The predicted octanol–water partition coefficient (Wildman–Crippen LogP) is 2.99. The van der Waals surface area contributed by atoms with E-state index in [0.29, 0.717) is 17.7 Å². The van der Waals surface area contributed by atoms with Gasteiger partial charge in [-0.2, -0.15) is 18.3 Å². The molecule has 3 aromatic heterocycles. The first-order valence-electron chi connectivity index (χ1n) is 11.7. The van der Waals surface area contributed by atoms with Crippen LogP contribution in [-0.4, -0.2) is 80.6 Å². The fraction of sp³-hybridized carbons (Fsp3) is 0.478. The van der Waals surface area contributed by atoms with Crippen molar-refractivity contribution in [2.24, 2.45) is 0 Å². The average Bonchev–Trinajstić information content (AvgIpc) is 3.29. The van der Waals surface area contributed by atoms with E-state index in [2.05, 4.69) is 20.1 Å². The van der Waals surface area contributed by atoms with Crippen LogP contribution in [0.2, 0.25) is 0 Å². The number of carbonyl (C=O) groups excluding carboxylic acids is 2. The number of carbonyl (C=O) groups is 2. The van der Waals surface area contributed by atoms with Crippen molar-refractivity contribution in [2.75, 3.05) is 36.5 Å². The van der Waals surface area contributed by atoms with Crippen molar-refractivity contribution in [2.45, 2.75) is 44.5 Å². The number of likely N-dealkylation sites (N-methyl/N-ethyl adjacent to an activating group) is 2. The molecule has 0 aromatic carbocycles. The molecule has 0 bridgehead atoms. The molecule has 1 aliphatic heterocycles. The fourth-order valence-corrected chi connectivity index (χ4v) is 4.65. The third-order valence-corrected chi connectivity index (χ3v) is 6.70. The number of hydrogen-bond donors (Lipinski definition) is 0. The van der Waals surface area contributed by atoms with Gasteiger partial charge < -0.3 is 14.7 Å². The number of halogens is 5. The molecule has 1 saturated heterocycles. The minimum absolute atomic E-state index is 0.148. The Morgan fingerprint density at radius 2 is 1.87 bits per heavy atom. The maximum atomic E-state index is 13.7. The van der Waals surface area contributed by atoms with Gasteiger partial charge in [0.2, 0.25) is 6.41 Å². The van der Waals surface area contributed by atoms with Gasteiger partial charge in [0.25, 0.3) is 12.3 Å². The SMILES string of the molecule is CCN(C=O)C1(C(=O)N(C)c2ccc(C(F)(F)F)nc2)CCN(c2cnc3cnn(CC(F)F)c3n2)CC1. The van der Waals surface area contributed by atoms with Crippen LogP contribution >= 0.6 is 0 Å². The lowest BCUT2D eigenvalue weighted by atomic mass is 9.84. The molecule has 0 atom stereocenters. The molecule has 10 nitrogen and oxygen atoms in total. The molecule has 15 heteroatoms. The van der Waals surface area contributed by atoms with E-state index < -0.39 is 36.3 Å². The van der Waals surface area contributed by atoms with Gasteiger partial charge in [-0.3, -0.25) is 9.59 Å². The first-order chi connectivity index (χ1) is 18.0. The van der Waals surface area contributed by atoms with Crippen LogP contribution in [0.3, 0.4) is 0 Å². The standard InChI is InChI=1S/C23H25F5N8O2/c1-3-35(14-37)22(21(38)33(2)15-4-5-17(30-10-15)23(26,27)28)6-8-34(9-7-22)19-12-29-16-11-31-36(13-18(24)25)20(16)32-19/h4-5,10-12,14,18H,3,6-9,13H2,1-2H3. The van der Waals surface area contributed by atoms with E-state index in [9.17, 15) is 31.5 Å². The maximum absolute atomic E-state index is 13.7. The van der Waals surface area contributed by atoms with Gasteiger partial charge in [-0.15, -0.1) is 0 Å². The molecule has 3 aromatic rings. The zero-order chi connectivity index (χ0) is 27.7. The molecule has 38 heavy (non-hydrogen) atoms. The zero-order valence-electron chi connectivity index (χ0n) is 20.6. The predicted molar refractivity (Wildman–Crippen MR) is 127 cm³/mol. The Bertz CT molecular complexity index is 1290. The number of fused-ring (bicyclic) bond motifs is 1. The maximum Gasteiger partial charge on any atom is 0.433 e. The van der Waals surface area contributed by atoms with Crippen molar-refractivity contribution in [3.63, 3.8) is 0 Å². The number of aromatic nitrogens is 5. The molecule has 1 fully saturated rings. The number of amides is 2. The van der Waals surface area contributed by atoms with Gasteiger partial charge in [0.05, 0.1) is 24.3 Å². The van der Waals surface area contributed by atoms with Gasteiger partial charge in [0.1, 0.15) is 29.1 Å². The van der Waals surface area contributed by atoms with Gasteiger partial charge in [-0.05, 0) is 31.9 Å². The lowest BCUT2D eigenvalue weighted by molar-refractivity contribution is -0.141. The number of hydrogen-bond acceptors (Lipinski definition) is 7. The lowest BCUT2D eigenvalue weighted by Crippen LogP contribution is -2.63. The second kappa shape index (κ2) is 10.5. The van der Waals surface area contributed by atoms with Gasteiger partial charge in [0.15, 0.2) is 5.65 Å². The van der Waals surface area contributed by atoms with E-state index in [1.165, 1.54) is 29.2 Å². The first kappa shape index (κ1) is 27.1. The van der Waals surface area contributed by atoms with E-state index >= 15 is 0 Å². The van der Waals surface area contributed by atoms with Crippen LogP contribution in [0.15, 0.2) is 30.7 Å². The quantitative estimate of drug-likeness (QED) is 0.320. The third kappa shape index (κ3) is 5.09. The van der Waals surface area contributed by atoms with Crippen molar-refractivity contribution < 1.29 is 31.5 Å². The van der Waals surface area contributed by atoms with Crippen molar-refractivity contribution in [3.8, 4) is 0 Å². The van der Waals surface area contributed by atoms with E-state index in [1.54, 1.807) is 6.92 Å². The van der Waals surface area contributed by atoms with Crippen LogP contribution in [0, 0.1) is 0 Å². The van der Waals surface area contributed by atoms with Gasteiger partial charge in [-0.25, -0.2) is 28.4 Å². The van der Waals surface area contributed by atoms with Crippen LogP contribution in [0.4, 0.5) is 33.5 Å². The Labute approximate surface area is 214 Å². The number of pyridine rings is 1. The summed E-state index contributed by atoms with van der Waals surface area (Å²) in [6, 6.07) is 1.94. The third-order valence-electron chi connectivity index (χ3n) is 6.70. The lowest BCUT2D eigenvalue weighted by Gasteiger charge is -2.47. The summed E-state index contributed by atoms with van der Waals surface area (Å²) in [5, 5.41) is 3.91. The molecule has 0 aliphatic carbocycles. The van der Waals surface area contributed by atoms with Crippen molar-refractivity contribution in [1.82, 2.24) is 29.6 Å². The van der Waals surface area contributed by atoms with Crippen LogP contribution in [0.5, 0.6) is 0 Å². The molecular formula is C23H25F5N8O2. The molecule has 0 spiro atoms. The Kier molecular flexibility index (Phi) is 7.47. The van der Waals surface area contributed by atoms with Crippen LogP contribution < -0.4 is 9.80 Å². The van der Waals surface area contributed by atoms with Gasteiger partial charge in [-0.1, -0.05) is 0 Å². The van der Waals surface area contributed by atoms with Gasteiger partial charge >= 0.3 is 6.18 Å². The number of piperidine rings is 1. The Balaban J connectivity index is 1.57. The molecule has 0 radical (unpaired) electrons. The summed E-state index contributed by atoms with van der Waals surface area (Å²) in [7, 11) is 1.42. The highest BCUT2D eigenvalue weighted by atomic mass is 19.4. The number of alkyl halides is 5. The summed E-state index contributed by atoms with van der Waals surface area (Å²) in [4.78, 5) is 42.2. The molecule has 204 valence electrons. The van der Waals surface area contributed by atoms with E-state index in [1.807, 2.05) is 4.90 Å². The van der Waals surface area contributed by atoms with E-state index in [4.69, 9.17) is 0 Å². The minimum atomic E-state index is -4.62. The number of nitrogens with zero attached hydrogens (tertiary/aromatic N) is 8. The minimum Gasteiger partial charge on any atom is -0.355 e. The monoisotopic (exact) mass is 540 g/mol. The fourth-order valence-electron chi connectivity index (χ4n) is 4.65. The van der Waals surface area contributed by atoms with E-state index in [-0.39, 0.29) is 43.8 Å². The average molecular weight is 540 g/mol. The van der Waals surface area contributed by atoms with Crippen LogP contribution in [0.25, 0.3) is 11.2 Å². The number of rotatable bonds is 8. The molecule has 0 N–H and O–H groups in total. The molecular weight excluding hydrogens is 515 g/mol. The molecule has 2 amide bonds. The molecule has 0 unspecified atom stereocenters. The Morgan fingerprint density at radius 3 is 2.42 bits per heavy atom. The van der Waals surface area contributed by atoms with Gasteiger partial charge in [0, 0.05) is 26.7 Å². The highest BCUT2D eigenvalue weighted by molar-refractivity contribution is 6.01. The summed E-state index contributed by atoms with van der Waals surface area (Å²) >= 11 is 0. The van der Waals surface area contributed by atoms with Crippen LogP contribution in [-0.2, 0) is 22.3 Å². The van der Waals surface area contributed by atoms with Crippen molar-refractivity contribution in [1.29, 1.82) is 0 Å². The summed E-state index contributed by atoms with van der Waals surface area (Å²) < 4.78 is 65.6. The highest BCUT2D eigenvalue weighted by Gasteiger charge is 2.47. The van der Waals surface area contributed by atoms with Crippen molar-refractivity contribution >= 4 is 35.0 Å². The molecule has 4 heterocycles. The summed E-state index contributed by atoms with van der Waals surface area (Å²) in [6.07, 6.45) is -2.47. The second-order valence-electron chi connectivity index (χ2n) is 8.83. The Morgan fingerprint density at radius 1 is 1.16 bits per heavy atom. The largest absolute Gasteiger partial charge is 0.433 e. The Hall–Kier alpha value is -3.91. The number of anilines is 2. The highest BCUT2D eigenvalue weighted by Crippen LogP contribution is 2.34. The first-order valence-corrected chi connectivity index (χ1v) is 11.7. The van der Waals surface area contributed by atoms with Crippen LogP contribution in [0.1, 0.15) is 25.5 Å². The summed E-state index contributed by atoms with van der Waals surface area (Å²) in [5.41, 5.74) is -1.63. The molecule has 1 aliphatic rings.